The largest absolute Gasteiger partial charge is 0.459 e. The number of rotatable bonds is 7. The molecule has 1 heterocycles. The lowest BCUT2D eigenvalue weighted by Gasteiger charge is -2.23. The number of thioether (sulfide) groups is 1. The monoisotopic (exact) mass is 413 g/mol. The van der Waals surface area contributed by atoms with Gasteiger partial charge in [-0.15, -0.1) is 11.8 Å². The number of hydrogen-bond acceptors (Lipinski definition) is 6. The summed E-state index contributed by atoms with van der Waals surface area (Å²) in [7, 11) is 1.66. The van der Waals surface area contributed by atoms with E-state index in [0.717, 1.165) is 28.8 Å². The third-order valence-corrected chi connectivity index (χ3v) is 5.67. The first-order valence-corrected chi connectivity index (χ1v) is 9.71. The van der Waals surface area contributed by atoms with Crippen molar-refractivity contribution in [2.45, 2.75) is 17.9 Å². The van der Waals surface area contributed by atoms with Gasteiger partial charge in [0.25, 0.3) is 5.69 Å². The van der Waals surface area contributed by atoms with Gasteiger partial charge >= 0.3 is 0 Å². The van der Waals surface area contributed by atoms with Crippen LogP contribution in [0.1, 0.15) is 29.1 Å². The summed E-state index contributed by atoms with van der Waals surface area (Å²) in [4.78, 5) is 36.4. The molecule has 0 aliphatic rings. The van der Waals surface area contributed by atoms with Gasteiger partial charge in [-0.05, 0) is 31.2 Å². The van der Waals surface area contributed by atoms with Crippen LogP contribution in [0.2, 0.25) is 0 Å². The minimum atomic E-state index is -0.750. The van der Waals surface area contributed by atoms with Gasteiger partial charge in [-0.2, -0.15) is 0 Å². The number of carbonyl (C=O) groups is 2. The number of primary amides is 1. The maximum Gasteiger partial charge on any atom is 0.283 e. The van der Waals surface area contributed by atoms with Crippen LogP contribution in [0.15, 0.2) is 57.8 Å². The second kappa shape index (κ2) is 8.36. The molecule has 2 amide bonds. The Hall–Kier alpha value is -3.33. The van der Waals surface area contributed by atoms with Crippen LogP contribution in [0.3, 0.4) is 0 Å². The van der Waals surface area contributed by atoms with Gasteiger partial charge < -0.3 is 15.1 Å². The summed E-state index contributed by atoms with van der Waals surface area (Å²) in [5.74, 6) is -0.308. The molecule has 2 aromatic carbocycles. The van der Waals surface area contributed by atoms with Crippen molar-refractivity contribution in [2.24, 2.45) is 5.73 Å². The van der Waals surface area contributed by atoms with E-state index in [4.69, 9.17) is 10.2 Å². The highest BCUT2D eigenvalue weighted by atomic mass is 32.2. The number of nitro groups is 1. The van der Waals surface area contributed by atoms with Crippen molar-refractivity contribution >= 4 is 40.2 Å². The smallest absolute Gasteiger partial charge is 0.283 e. The van der Waals surface area contributed by atoms with E-state index in [1.54, 1.807) is 7.05 Å². The Labute approximate surface area is 170 Å². The van der Waals surface area contributed by atoms with Gasteiger partial charge in [0.2, 0.25) is 11.8 Å². The summed E-state index contributed by atoms with van der Waals surface area (Å²) in [5, 5.41) is 12.2. The van der Waals surface area contributed by atoms with E-state index in [-0.39, 0.29) is 33.8 Å². The normalized spacial score (nSPS) is 11.9. The average Bonchev–Trinajstić information content (AvgIpc) is 3.14. The number of para-hydroxylation sites is 1. The van der Waals surface area contributed by atoms with Crippen LogP contribution >= 0.6 is 11.8 Å². The first-order valence-electron chi connectivity index (χ1n) is 8.73. The van der Waals surface area contributed by atoms with Crippen LogP contribution in [-0.4, -0.2) is 34.4 Å². The predicted molar refractivity (Wildman–Crippen MR) is 110 cm³/mol. The zero-order valence-corrected chi connectivity index (χ0v) is 16.6. The molecule has 8 nitrogen and oxygen atoms in total. The number of nitrogens with zero attached hydrogens (tertiary/aromatic N) is 2. The molecule has 2 N–H and O–H groups in total. The Morgan fingerprint density at radius 1 is 1.24 bits per heavy atom. The van der Waals surface area contributed by atoms with Gasteiger partial charge in [-0.25, -0.2) is 0 Å². The molecule has 0 aliphatic carbocycles. The van der Waals surface area contributed by atoms with Gasteiger partial charge in [0, 0.05) is 24.1 Å². The molecule has 0 saturated heterocycles. The number of benzene rings is 2. The Morgan fingerprint density at radius 2 is 1.97 bits per heavy atom. The standard InChI is InChI=1S/C20H19N3O5S/c1-12(17-10-13-5-3-4-6-16(13)28-17)22(2)19(24)11-29-18-8-7-14(20(21)25)9-15(18)23(26)27/h3-10,12H,11H2,1-2H3,(H2,21,25). The van der Waals surface area contributed by atoms with Gasteiger partial charge in [0.15, 0.2) is 0 Å². The predicted octanol–water partition coefficient (Wildman–Crippen LogP) is 3.75. The zero-order valence-electron chi connectivity index (χ0n) is 15.8. The third kappa shape index (κ3) is 4.40. The van der Waals surface area contributed by atoms with Crippen molar-refractivity contribution in [1.29, 1.82) is 0 Å². The average molecular weight is 413 g/mol. The molecule has 1 unspecified atom stereocenters. The molecule has 0 bridgehead atoms. The van der Waals surface area contributed by atoms with Crippen molar-refractivity contribution in [3.05, 3.63) is 70.0 Å². The Morgan fingerprint density at radius 3 is 2.62 bits per heavy atom. The van der Waals surface area contributed by atoms with E-state index in [2.05, 4.69) is 0 Å². The number of carbonyl (C=O) groups excluding carboxylic acids is 2. The summed E-state index contributed by atoms with van der Waals surface area (Å²) in [6.45, 7) is 1.85. The highest BCUT2D eigenvalue weighted by Crippen LogP contribution is 2.31. The summed E-state index contributed by atoms with van der Waals surface area (Å²) in [6.07, 6.45) is 0. The highest BCUT2D eigenvalue weighted by Gasteiger charge is 2.23. The van der Waals surface area contributed by atoms with Crippen LogP contribution in [0.5, 0.6) is 0 Å². The minimum absolute atomic E-state index is 0.00216. The van der Waals surface area contributed by atoms with E-state index in [0.29, 0.717) is 5.76 Å². The van der Waals surface area contributed by atoms with Crippen molar-refractivity contribution in [3.8, 4) is 0 Å². The van der Waals surface area contributed by atoms with E-state index in [9.17, 15) is 19.7 Å². The van der Waals surface area contributed by atoms with E-state index < -0.39 is 10.8 Å². The number of fused-ring (bicyclic) bond motifs is 1. The first-order chi connectivity index (χ1) is 13.8. The fraction of sp³-hybridized carbons (Fsp3) is 0.200. The number of amides is 2. The molecule has 1 atom stereocenters. The minimum Gasteiger partial charge on any atom is -0.459 e. The van der Waals surface area contributed by atoms with Crippen molar-refractivity contribution in [3.63, 3.8) is 0 Å². The molecule has 0 aliphatic heterocycles. The molecule has 0 spiro atoms. The highest BCUT2D eigenvalue weighted by molar-refractivity contribution is 8.00. The van der Waals surface area contributed by atoms with Crippen molar-refractivity contribution in [1.82, 2.24) is 4.90 Å². The molecular weight excluding hydrogens is 394 g/mol. The molecule has 0 radical (unpaired) electrons. The van der Waals surface area contributed by atoms with Gasteiger partial charge in [0.1, 0.15) is 11.3 Å². The maximum absolute atomic E-state index is 12.6. The summed E-state index contributed by atoms with van der Waals surface area (Å²) >= 11 is 1.03. The number of furan rings is 1. The lowest BCUT2D eigenvalue weighted by atomic mass is 10.2. The molecule has 0 fully saturated rings. The van der Waals surface area contributed by atoms with Crippen LogP contribution in [-0.2, 0) is 4.79 Å². The molecule has 3 aromatic rings. The Kier molecular flexibility index (Phi) is 5.88. The van der Waals surface area contributed by atoms with Gasteiger partial charge in [0.05, 0.1) is 21.6 Å². The molecule has 150 valence electrons. The quantitative estimate of drug-likeness (QED) is 0.358. The van der Waals surface area contributed by atoms with E-state index in [1.165, 1.54) is 17.0 Å². The van der Waals surface area contributed by atoms with Crippen LogP contribution < -0.4 is 5.73 Å². The second-order valence-corrected chi connectivity index (χ2v) is 7.48. The lowest BCUT2D eigenvalue weighted by molar-refractivity contribution is -0.387. The molecule has 9 heteroatoms. The number of nitrogens with two attached hydrogens (primary N) is 1. The van der Waals surface area contributed by atoms with E-state index in [1.807, 2.05) is 37.3 Å². The molecular formula is C20H19N3O5S. The fourth-order valence-electron chi connectivity index (χ4n) is 2.79. The lowest BCUT2D eigenvalue weighted by Crippen LogP contribution is -2.30. The molecule has 0 saturated carbocycles. The van der Waals surface area contributed by atoms with Crippen LogP contribution in [0.4, 0.5) is 5.69 Å². The molecule has 3 rings (SSSR count). The third-order valence-electron chi connectivity index (χ3n) is 4.62. The van der Waals surface area contributed by atoms with Crippen molar-refractivity contribution < 1.29 is 18.9 Å². The number of nitro benzene ring substituents is 1. The second-order valence-electron chi connectivity index (χ2n) is 6.46. The molecule has 29 heavy (non-hydrogen) atoms. The fourth-order valence-corrected chi connectivity index (χ4v) is 3.72. The Bertz CT molecular complexity index is 1060. The van der Waals surface area contributed by atoms with Crippen LogP contribution in [0, 0.1) is 10.1 Å². The summed E-state index contributed by atoms with van der Waals surface area (Å²) < 4.78 is 5.82. The Balaban J connectivity index is 1.71. The maximum atomic E-state index is 12.6. The van der Waals surface area contributed by atoms with Gasteiger partial charge in [-0.3, -0.25) is 19.7 Å². The van der Waals surface area contributed by atoms with Gasteiger partial charge in [-0.1, -0.05) is 18.2 Å². The summed E-state index contributed by atoms with van der Waals surface area (Å²) in [5.41, 5.74) is 5.71. The van der Waals surface area contributed by atoms with Crippen LogP contribution in [0.25, 0.3) is 11.0 Å². The van der Waals surface area contributed by atoms with E-state index >= 15 is 0 Å². The van der Waals surface area contributed by atoms with Crippen molar-refractivity contribution in [2.75, 3.05) is 12.8 Å². The number of hydrogen-bond donors (Lipinski definition) is 1. The molecule has 1 aromatic heterocycles. The summed E-state index contributed by atoms with van der Waals surface area (Å²) in [6, 6.07) is 13.1. The zero-order chi connectivity index (χ0) is 21.1. The SMILES string of the molecule is CC(c1cc2ccccc2o1)N(C)C(=O)CSc1ccc(C(N)=O)cc1[N+](=O)[O-]. The topological polar surface area (TPSA) is 120 Å². The first kappa shape index (κ1) is 20.4.